The van der Waals surface area contributed by atoms with Crippen molar-refractivity contribution < 1.29 is 52.2 Å². The first-order chi connectivity index (χ1) is 38.2. The standard InChI is InChI=1S/C66H105O11P/c1-4-7-10-13-16-19-22-25-28-30-31-33-35-37-40-43-46-49-52-55-64(68)73-59-63(77-66(70)57-54-51-48-45-42-39-36-32-29-26-23-20-17-14-11-8-5-2)61-75-78(71,72)74-60-62(58-67)76-65(69)56-53-50-47-44-41-38-34-27-24-21-18-15-12-9-6-3/h7-12,16-21,25-29,31,33-34,37,40,46,49,62-63,67H,4-6,13-15,22-24,30,32,35-36,38-39,41-45,47-48,50-61H2,1-3H3,(H,71,72)/b10-7-,11-8-,12-9-,19-16-,20-17-,21-18-,28-25-,29-26-,33-31-,34-27-,40-37-,49-46-. The topological polar surface area (TPSA) is 155 Å². The van der Waals surface area contributed by atoms with Crippen molar-refractivity contribution in [1.82, 2.24) is 0 Å². The van der Waals surface area contributed by atoms with Gasteiger partial charge in [0.15, 0.2) is 6.10 Å². The predicted octanol–water partition coefficient (Wildman–Crippen LogP) is 17.9. The van der Waals surface area contributed by atoms with Gasteiger partial charge in [0.05, 0.1) is 19.8 Å². The molecule has 0 aromatic carbocycles. The molecule has 0 radical (unpaired) electrons. The average molecular weight is 1110 g/mol. The largest absolute Gasteiger partial charge is 0.472 e. The lowest BCUT2D eigenvalue weighted by atomic mass is 10.1. The number of phosphoric acid groups is 1. The van der Waals surface area contributed by atoms with Crippen LogP contribution in [-0.2, 0) is 42.2 Å². The van der Waals surface area contributed by atoms with Crippen molar-refractivity contribution in [2.45, 2.75) is 226 Å². The zero-order valence-electron chi connectivity index (χ0n) is 48.6. The molecule has 0 aliphatic heterocycles. The van der Waals surface area contributed by atoms with Gasteiger partial charge in [-0.2, -0.15) is 0 Å². The Hall–Kier alpha value is -4.64. The Morgan fingerprint density at radius 2 is 0.654 bits per heavy atom. The third-order valence-corrected chi connectivity index (χ3v) is 12.7. The van der Waals surface area contributed by atoms with Crippen molar-refractivity contribution in [2.24, 2.45) is 0 Å². The average Bonchev–Trinajstić information content (AvgIpc) is 3.43. The first kappa shape index (κ1) is 73.4. The third kappa shape index (κ3) is 56.1. The first-order valence-electron chi connectivity index (χ1n) is 29.7. The minimum Gasteiger partial charge on any atom is -0.462 e. The molecule has 0 heterocycles. The predicted molar refractivity (Wildman–Crippen MR) is 325 cm³/mol. The second-order valence-corrected chi connectivity index (χ2v) is 20.5. The first-order valence-corrected chi connectivity index (χ1v) is 31.2. The molecule has 0 aromatic rings. The monoisotopic (exact) mass is 1100 g/mol. The summed E-state index contributed by atoms with van der Waals surface area (Å²) in [6, 6.07) is 0. The van der Waals surface area contributed by atoms with Crippen LogP contribution >= 0.6 is 7.82 Å². The zero-order chi connectivity index (χ0) is 56.9. The maximum Gasteiger partial charge on any atom is 0.472 e. The molecule has 0 saturated heterocycles. The molecule has 0 rings (SSSR count). The minimum atomic E-state index is -4.78. The Labute approximate surface area is 473 Å². The van der Waals surface area contributed by atoms with Gasteiger partial charge < -0.3 is 24.2 Å². The van der Waals surface area contributed by atoms with E-state index in [0.29, 0.717) is 19.3 Å². The number of unbranched alkanes of at least 4 members (excludes halogenated alkanes) is 12. The molecule has 440 valence electrons. The Morgan fingerprint density at radius 3 is 1.01 bits per heavy atom. The summed E-state index contributed by atoms with van der Waals surface area (Å²) in [4.78, 5) is 48.6. The highest BCUT2D eigenvalue weighted by Gasteiger charge is 2.28. The van der Waals surface area contributed by atoms with Crippen molar-refractivity contribution in [3.63, 3.8) is 0 Å². The lowest BCUT2D eigenvalue weighted by Gasteiger charge is -2.21. The number of rotatable bonds is 53. The molecule has 0 aliphatic carbocycles. The van der Waals surface area contributed by atoms with E-state index in [1.54, 1.807) is 0 Å². The Bertz CT molecular complexity index is 1860. The molecule has 11 nitrogen and oxygen atoms in total. The van der Waals surface area contributed by atoms with Gasteiger partial charge in [0.25, 0.3) is 0 Å². The summed E-state index contributed by atoms with van der Waals surface area (Å²) in [5.74, 6) is -1.61. The molecule has 0 bridgehead atoms. The normalized spacial score (nSPS) is 14.4. The number of allylic oxidation sites excluding steroid dienone is 24. The van der Waals surface area contributed by atoms with E-state index in [-0.39, 0.29) is 25.9 Å². The molecule has 0 aromatic heterocycles. The fraction of sp³-hybridized carbons (Fsp3) is 0.591. The number of phosphoric ester groups is 1. The number of carbonyl (C=O) groups excluding carboxylic acids is 3. The Morgan fingerprint density at radius 1 is 0.359 bits per heavy atom. The summed E-state index contributed by atoms with van der Waals surface area (Å²) >= 11 is 0. The number of esters is 3. The number of hydrogen-bond acceptors (Lipinski definition) is 10. The molecule has 0 fully saturated rings. The SMILES string of the molecule is CC/C=C\C/C=C\C/C=C\C/C=C\C/C=C\C/C=C\CCC(=O)OCC(COP(=O)(O)OCC(CO)OC(=O)CCCCCCC/C=C\C/C=C\C/C=C\CC)OC(=O)CCCCCCCCC/C=C\C/C=C\C/C=C\CC. The maximum atomic E-state index is 12.9. The van der Waals surface area contributed by atoms with E-state index in [2.05, 4.69) is 154 Å². The molecule has 3 atom stereocenters. The summed E-state index contributed by atoms with van der Waals surface area (Å²) in [5.41, 5.74) is 0. The van der Waals surface area contributed by atoms with Gasteiger partial charge >= 0.3 is 25.7 Å². The van der Waals surface area contributed by atoms with Crippen LogP contribution in [0.2, 0.25) is 0 Å². The number of hydrogen-bond donors (Lipinski definition) is 2. The summed E-state index contributed by atoms with van der Waals surface area (Å²) in [6.07, 6.45) is 75.3. The molecule has 3 unspecified atom stereocenters. The van der Waals surface area contributed by atoms with E-state index in [4.69, 9.17) is 23.3 Å². The van der Waals surface area contributed by atoms with Crippen molar-refractivity contribution in [2.75, 3.05) is 26.4 Å². The summed E-state index contributed by atoms with van der Waals surface area (Å²) < 4.78 is 39.5. The third-order valence-electron chi connectivity index (χ3n) is 11.8. The van der Waals surface area contributed by atoms with Gasteiger partial charge in [0.1, 0.15) is 12.7 Å². The van der Waals surface area contributed by atoms with Gasteiger partial charge in [-0.05, 0) is 122 Å². The van der Waals surface area contributed by atoms with Gasteiger partial charge in [-0.3, -0.25) is 23.4 Å². The van der Waals surface area contributed by atoms with E-state index < -0.39 is 57.8 Å². The molecule has 2 N–H and O–H groups in total. The van der Waals surface area contributed by atoms with Gasteiger partial charge in [0.2, 0.25) is 0 Å². The summed E-state index contributed by atoms with van der Waals surface area (Å²) in [6.45, 7) is 4.18. The Kier molecular flexibility index (Phi) is 55.0. The second kappa shape index (κ2) is 58.5. The van der Waals surface area contributed by atoms with E-state index in [0.717, 1.165) is 154 Å². The Balaban J connectivity index is 4.88. The number of aliphatic hydroxyl groups excluding tert-OH is 1. The van der Waals surface area contributed by atoms with E-state index >= 15 is 0 Å². The fourth-order valence-electron chi connectivity index (χ4n) is 7.35. The molecule has 78 heavy (non-hydrogen) atoms. The quantitative estimate of drug-likeness (QED) is 0.0197. The van der Waals surface area contributed by atoms with Crippen molar-refractivity contribution in [3.05, 3.63) is 146 Å². The lowest BCUT2D eigenvalue weighted by Crippen LogP contribution is -2.30. The molecule has 0 amide bonds. The molecular weight excluding hydrogens is 1000 g/mol. The summed E-state index contributed by atoms with van der Waals surface area (Å²) in [7, 11) is -4.78. The van der Waals surface area contributed by atoms with Gasteiger partial charge in [0, 0.05) is 19.3 Å². The zero-order valence-corrected chi connectivity index (χ0v) is 49.5. The van der Waals surface area contributed by atoms with E-state index in [1.165, 1.54) is 0 Å². The van der Waals surface area contributed by atoms with Gasteiger partial charge in [-0.15, -0.1) is 0 Å². The smallest absolute Gasteiger partial charge is 0.462 e. The lowest BCUT2D eigenvalue weighted by molar-refractivity contribution is -0.161. The number of aliphatic hydroxyl groups is 1. The van der Waals surface area contributed by atoms with Crippen LogP contribution in [0.1, 0.15) is 213 Å². The summed E-state index contributed by atoms with van der Waals surface area (Å²) in [5, 5.41) is 9.83. The van der Waals surface area contributed by atoms with E-state index in [1.807, 2.05) is 12.2 Å². The van der Waals surface area contributed by atoms with Crippen LogP contribution in [-0.4, -0.2) is 66.5 Å². The van der Waals surface area contributed by atoms with Crippen LogP contribution in [0.3, 0.4) is 0 Å². The minimum absolute atomic E-state index is 0.0898. The number of ether oxygens (including phenoxy) is 3. The highest BCUT2D eigenvalue weighted by Crippen LogP contribution is 2.43. The van der Waals surface area contributed by atoms with Crippen molar-refractivity contribution in [1.29, 1.82) is 0 Å². The van der Waals surface area contributed by atoms with Crippen LogP contribution in [0.25, 0.3) is 0 Å². The van der Waals surface area contributed by atoms with Crippen LogP contribution < -0.4 is 0 Å². The maximum absolute atomic E-state index is 12.9. The van der Waals surface area contributed by atoms with E-state index in [9.17, 15) is 28.9 Å². The fourth-order valence-corrected chi connectivity index (χ4v) is 8.13. The molecule has 0 saturated carbocycles. The molecule has 12 heteroatoms. The molecule has 0 spiro atoms. The van der Waals surface area contributed by atoms with Gasteiger partial charge in [-0.1, -0.05) is 218 Å². The highest BCUT2D eigenvalue weighted by molar-refractivity contribution is 7.47. The molecule has 0 aliphatic rings. The van der Waals surface area contributed by atoms with Gasteiger partial charge in [-0.25, -0.2) is 4.57 Å². The molecular formula is C66H105O11P. The second-order valence-electron chi connectivity index (χ2n) is 19.0. The highest BCUT2D eigenvalue weighted by atomic mass is 31.2. The van der Waals surface area contributed by atoms with Crippen LogP contribution in [0.4, 0.5) is 0 Å². The van der Waals surface area contributed by atoms with Crippen LogP contribution in [0, 0.1) is 0 Å². The number of carbonyl (C=O) groups is 3. The van der Waals surface area contributed by atoms with Crippen LogP contribution in [0.5, 0.6) is 0 Å². The van der Waals surface area contributed by atoms with Crippen molar-refractivity contribution in [3.8, 4) is 0 Å². The van der Waals surface area contributed by atoms with Crippen molar-refractivity contribution >= 4 is 25.7 Å². The van der Waals surface area contributed by atoms with Crippen LogP contribution in [0.15, 0.2) is 146 Å².